The Morgan fingerprint density at radius 3 is 0.883 bits per heavy atom. The number of alkyl halides is 9. The molecule has 111 heavy (non-hydrogen) atoms. The van der Waals surface area contributed by atoms with Crippen LogP contribution in [-0.2, 0) is 229 Å². The molecule has 0 aliphatic carbocycles. The molecule has 48 nitrogen and oxygen atoms in total. The van der Waals surface area contributed by atoms with E-state index in [4.69, 9.17) is 29.2 Å². The molecule has 7 unspecified atom stereocenters. The lowest BCUT2D eigenvalue weighted by atomic mass is 10.1. The van der Waals surface area contributed by atoms with E-state index in [1.54, 1.807) is 0 Å². The largest absolute Gasteiger partial charge is 0.462 e. The lowest BCUT2D eigenvalue weighted by Crippen LogP contribution is -2.38. The molecule has 6 aliphatic heterocycles. The summed E-state index contributed by atoms with van der Waals surface area (Å²) in [4.78, 5) is 67.9. The van der Waals surface area contributed by atoms with Gasteiger partial charge in [0.25, 0.3) is 121 Å². The summed E-state index contributed by atoms with van der Waals surface area (Å²) in [5.41, 5.74) is -1.28. The molecule has 0 N–H and O–H groups in total. The van der Waals surface area contributed by atoms with Crippen LogP contribution >= 0.6 is 11.6 Å². The molecule has 0 bridgehead atoms. The summed E-state index contributed by atoms with van der Waals surface area (Å²) in [7, 11) is -53.3. The molecule has 69 heteroatoms. The first kappa shape index (κ1) is 104. The Hall–Kier alpha value is -5.41. The van der Waals surface area contributed by atoms with Gasteiger partial charge in [-0.2, -0.15) is 123 Å². The molecule has 6 saturated heterocycles. The van der Waals surface area contributed by atoms with Gasteiger partial charge in [0.05, 0.1) is 5.88 Å². The van der Waals surface area contributed by atoms with Gasteiger partial charge in [0, 0.05) is 0 Å². The summed E-state index contributed by atoms with van der Waals surface area (Å²) in [5.74, 6) is -8.36. The van der Waals surface area contributed by atoms with Crippen molar-refractivity contribution in [3.05, 3.63) is 0 Å². The van der Waals surface area contributed by atoms with E-state index < -0.39 is 321 Å². The van der Waals surface area contributed by atoms with Crippen molar-refractivity contribution in [3.63, 3.8) is 0 Å². The summed E-state index contributed by atoms with van der Waals surface area (Å²) >= 11 is 5.25. The zero-order valence-corrected chi connectivity index (χ0v) is 65.5. The quantitative estimate of drug-likeness (QED) is 0.0346. The van der Waals surface area contributed by atoms with Gasteiger partial charge in [-0.1, -0.05) is 11.8 Å². The highest BCUT2D eigenvalue weighted by atomic mass is 35.5. The van der Waals surface area contributed by atoms with Crippen molar-refractivity contribution in [2.75, 3.05) is 109 Å². The second-order valence-electron chi connectivity index (χ2n) is 20.5. The molecule has 6 fully saturated rings. The number of esters is 6. The lowest BCUT2D eigenvalue weighted by Gasteiger charge is -2.21. The first-order chi connectivity index (χ1) is 49.9. The molecule has 0 spiro atoms. The van der Waals surface area contributed by atoms with Gasteiger partial charge in [0.1, 0.15) is 59.5 Å². The maximum Gasteiger partial charge on any atom is 0.422 e. The number of ether oxygens (including phenoxy) is 6. The average molecular weight is 1900 g/mol. The first-order valence-electron chi connectivity index (χ1n) is 27.4. The van der Waals surface area contributed by atoms with Crippen LogP contribution in [0.2, 0.25) is 0 Å². The molecule has 0 saturated carbocycles. The fourth-order valence-electron chi connectivity index (χ4n) is 5.96. The van der Waals surface area contributed by atoms with Crippen LogP contribution in [-0.4, -0.2) is 313 Å². The zero-order chi connectivity index (χ0) is 86.5. The molecule has 0 amide bonds. The Balaban J connectivity index is 0.000000667. The number of carbonyl (C=O) groups excluding carboxylic acids is 6. The molecule has 0 aromatic heterocycles. The maximum absolute atomic E-state index is 12.5. The van der Waals surface area contributed by atoms with Crippen LogP contribution in [0.1, 0.15) is 20.8 Å². The summed E-state index contributed by atoms with van der Waals surface area (Å²) < 4.78 is 439. The highest BCUT2D eigenvalue weighted by Gasteiger charge is 2.47. The van der Waals surface area contributed by atoms with Gasteiger partial charge in [-0.05, 0) is 20.8 Å². The van der Waals surface area contributed by atoms with Crippen LogP contribution in [0.25, 0.3) is 0 Å². The van der Waals surface area contributed by atoms with E-state index in [1.165, 1.54) is 20.8 Å². The minimum Gasteiger partial charge on any atom is -0.462 e. The summed E-state index contributed by atoms with van der Waals surface area (Å²) in [6.07, 6.45) is -10.9. The standard InChI is InChI=1S/C9H12O8S2.C8H10O8S2.C7H8F4O8S2.C6H9ClO8S2.C6H7F3O8S2.C6H9FO8S2/c1-4-9(2,3)16-8(10)7-5-15-18(11,12)6-19(13,14)17-7;1-3-6(2)15-8(9)7-4-14-17(10,11)5-18(12,13)16-7;8-6(9)7(10,11)2-17-5(12)4-1-18-20(13,14)3-21(15,16)19-4;7-1-2-13-6(8)5-3-14-16(9,10)4-17(11,12)15-5;7-6(8,9)2-15-5(10)4-1-16-18(11,12)3-19(13,14)17-4;7-1-2-13-6(8)5-3-14-16(9,10)4-17(11,12)15-5/h1,7H,5-6H2,2-3H3;1,6-7H,4-5H2,2H3;4,6H,1-3H2;5H,1-4H2;4H,1-3H2;5H,1-4H2. The van der Waals surface area contributed by atoms with Crippen molar-refractivity contribution >= 4 is 169 Å². The fourth-order valence-corrected chi connectivity index (χ4v) is 22.4. The number of terminal acetylenes is 2. The van der Waals surface area contributed by atoms with Gasteiger partial charge in [-0.15, -0.1) is 24.4 Å². The Morgan fingerprint density at radius 2 is 0.649 bits per heavy atom. The summed E-state index contributed by atoms with van der Waals surface area (Å²) in [5, 5.41) is -8.55. The highest BCUT2D eigenvalue weighted by molar-refractivity contribution is 8.06. The van der Waals surface area contributed by atoms with Crippen LogP contribution in [0.15, 0.2) is 0 Å². The van der Waals surface area contributed by atoms with E-state index in [-0.39, 0.29) is 12.5 Å². The van der Waals surface area contributed by atoms with Gasteiger partial charge in [-0.3, -0.25) is 50.2 Å². The summed E-state index contributed by atoms with van der Waals surface area (Å²) in [6, 6.07) is 0. The minimum atomic E-state index is -4.81. The molecule has 6 aliphatic rings. The van der Waals surface area contributed by atoms with Gasteiger partial charge >= 0.3 is 54.3 Å². The second kappa shape index (κ2) is 41.4. The van der Waals surface area contributed by atoms with E-state index in [0.717, 1.165) is 0 Å². The molecular formula is C42H55ClF8O48S12. The van der Waals surface area contributed by atoms with E-state index in [2.05, 4.69) is 85.7 Å². The predicted octanol–water partition coefficient (Wildman–Crippen LogP) is -6.52. The molecule has 7 atom stereocenters. The van der Waals surface area contributed by atoms with Crippen molar-refractivity contribution in [3.8, 4) is 24.7 Å². The maximum atomic E-state index is 12.5. The molecule has 0 aromatic carbocycles. The lowest BCUT2D eigenvalue weighted by molar-refractivity contribution is -0.191. The first-order valence-corrected chi connectivity index (χ1v) is 46.9. The monoisotopic (exact) mass is 1900 g/mol. The molecule has 6 heterocycles. The van der Waals surface area contributed by atoms with Crippen molar-refractivity contribution < 1.29 is 244 Å². The third-order valence-electron chi connectivity index (χ3n) is 10.3. The van der Waals surface area contributed by atoms with E-state index in [9.17, 15) is 165 Å². The summed E-state index contributed by atoms with van der Waals surface area (Å²) in [6.45, 7) is -6.88. The second-order valence-corrected chi connectivity index (χ2v) is 42.5. The third kappa shape index (κ3) is 42.7. The molecule has 0 radical (unpaired) electrons. The number of halogens is 9. The number of rotatable bonds is 16. The van der Waals surface area contributed by atoms with Crippen LogP contribution in [0.5, 0.6) is 0 Å². The number of carbonyl (C=O) groups is 6. The van der Waals surface area contributed by atoms with E-state index in [1.807, 2.05) is 0 Å². The third-order valence-corrected chi connectivity index (χ3v) is 30.4. The van der Waals surface area contributed by atoms with Crippen LogP contribution < -0.4 is 0 Å². The van der Waals surface area contributed by atoms with Crippen molar-refractivity contribution in [2.45, 2.75) is 87.6 Å². The Kier molecular flexibility index (Phi) is 38.7. The Bertz CT molecular complexity index is 4780. The zero-order valence-electron chi connectivity index (χ0n) is 54.9. The van der Waals surface area contributed by atoms with Gasteiger partial charge in [0.15, 0.2) is 61.5 Å². The molecule has 6 rings (SSSR count). The minimum absolute atomic E-state index is 0.0182. The molecular weight excluding hydrogens is 1840 g/mol. The van der Waals surface area contributed by atoms with Crippen LogP contribution in [0.3, 0.4) is 0 Å². The number of hydrogen-bond donors (Lipinski definition) is 0. The smallest absolute Gasteiger partial charge is 0.422 e. The SMILES string of the molecule is C#CC(C)(C)OC(=O)C1COS(=O)(=O)CS(=O)(=O)O1.C#CC(C)OC(=O)C1COS(=O)(=O)CS(=O)(=O)O1.O=C(OCC(F)(F)C(F)F)C1COS(=O)(=O)CS(=O)(=O)O1.O=C(OCC(F)(F)F)C1COS(=O)(=O)CS(=O)(=O)O1.O=C(OCCCl)C1COS(=O)(=O)CS(=O)(=O)O1.O=C(OCCF)C1COS(=O)(=O)CS(=O)(=O)O1. The average Bonchev–Trinajstić information content (AvgIpc) is 1.75. The van der Waals surface area contributed by atoms with Crippen molar-refractivity contribution in [2.24, 2.45) is 0 Å². The topological polar surface area (TPSA) is 678 Å². The van der Waals surface area contributed by atoms with Crippen LogP contribution in [0.4, 0.5) is 35.1 Å². The van der Waals surface area contributed by atoms with E-state index >= 15 is 0 Å². The molecule has 0 aromatic rings. The fraction of sp³-hybridized carbons (Fsp3) is 0.762. The number of hydrogen-bond acceptors (Lipinski definition) is 48. The predicted molar refractivity (Wildman–Crippen MR) is 332 cm³/mol. The van der Waals surface area contributed by atoms with Crippen molar-refractivity contribution in [1.29, 1.82) is 0 Å². The Labute approximate surface area is 629 Å². The van der Waals surface area contributed by atoms with Gasteiger partial charge in [-0.25, -0.2) is 41.9 Å². The normalized spacial score (nSPS) is 26.4. The van der Waals surface area contributed by atoms with Gasteiger partial charge < -0.3 is 28.4 Å². The Morgan fingerprint density at radius 1 is 0.405 bits per heavy atom. The van der Waals surface area contributed by atoms with E-state index in [0.29, 0.717) is 0 Å². The van der Waals surface area contributed by atoms with Crippen LogP contribution in [0, 0.1) is 24.7 Å². The van der Waals surface area contributed by atoms with Gasteiger partial charge in [0.2, 0.25) is 30.5 Å². The van der Waals surface area contributed by atoms with Crippen molar-refractivity contribution in [1.82, 2.24) is 0 Å². The highest BCUT2D eigenvalue weighted by Crippen LogP contribution is 2.25. The molecule has 646 valence electrons.